The fraction of sp³-hybridized carbons (Fsp3) is 0.308. The Labute approximate surface area is 107 Å². The van der Waals surface area contributed by atoms with Crippen LogP contribution in [0.1, 0.15) is 31.0 Å². The predicted octanol–water partition coefficient (Wildman–Crippen LogP) is 3.31. The first-order valence-electron chi connectivity index (χ1n) is 5.78. The SMILES string of the molecule is CC(C)c1c[nH]c(=O)n1-c1ccc(C(F)(F)F)cc1. The Bertz CT molecular complexity index is 621. The van der Waals surface area contributed by atoms with Crippen LogP contribution in [0.25, 0.3) is 5.69 Å². The van der Waals surface area contributed by atoms with E-state index in [4.69, 9.17) is 0 Å². The van der Waals surface area contributed by atoms with E-state index in [1.807, 2.05) is 13.8 Å². The molecule has 2 aromatic rings. The number of rotatable bonds is 2. The molecule has 0 aliphatic carbocycles. The van der Waals surface area contributed by atoms with Crippen molar-refractivity contribution in [2.24, 2.45) is 0 Å². The molecule has 2 rings (SSSR count). The van der Waals surface area contributed by atoms with Crippen LogP contribution in [0.3, 0.4) is 0 Å². The minimum absolute atomic E-state index is 0.0845. The molecule has 19 heavy (non-hydrogen) atoms. The van der Waals surface area contributed by atoms with Crippen molar-refractivity contribution in [3.05, 3.63) is 52.2 Å². The van der Waals surface area contributed by atoms with Crippen LogP contribution in [0.5, 0.6) is 0 Å². The quantitative estimate of drug-likeness (QED) is 0.893. The predicted molar refractivity (Wildman–Crippen MR) is 65.5 cm³/mol. The lowest BCUT2D eigenvalue weighted by Gasteiger charge is -2.11. The second-order valence-corrected chi connectivity index (χ2v) is 4.55. The van der Waals surface area contributed by atoms with E-state index < -0.39 is 11.7 Å². The van der Waals surface area contributed by atoms with E-state index in [0.717, 1.165) is 17.8 Å². The molecular weight excluding hydrogens is 257 g/mol. The van der Waals surface area contributed by atoms with Gasteiger partial charge in [-0.25, -0.2) is 4.79 Å². The monoisotopic (exact) mass is 270 g/mol. The van der Waals surface area contributed by atoms with Crippen molar-refractivity contribution in [1.82, 2.24) is 9.55 Å². The molecule has 0 aliphatic rings. The first kappa shape index (κ1) is 13.5. The van der Waals surface area contributed by atoms with Crippen LogP contribution in [0.4, 0.5) is 13.2 Å². The highest BCUT2D eigenvalue weighted by atomic mass is 19.4. The summed E-state index contributed by atoms with van der Waals surface area (Å²) in [6.07, 6.45) is -2.80. The van der Waals surface area contributed by atoms with Crippen molar-refractivity contribution in [2.75, 3.05) is 0 Å². The summed E-state index contributed by atoms with van der Waals surface area (Å²) in [6.45, 7) is 3.81. The fourth-order valence-corrected chi connectivity index (χ4v) is 1.87. The summed E-state index contributed by atoms with van der Waals surface area (Å²) in [7, 11) is 0. The third-order valence-electron chi connectivity index (χ3n) is 2.85. The lowest BCUT2D eigenvalue weighted by Crippen LogP contribution is -2.17. The summed E-state index contributed by atoms with van der Waals surface area (Å²) in [5.41, 5.74) is 0.0575. The van der Waals surface area contributed by atoms with Crippen molar-refractivity contribution < 1.29 is 13.2 Å². The van der Waals surface area contributed by atoms with Gasteiger partial charge in [0, 0.05) is 11.9 Å². The second-order valence-electron chi connectivity index (χ2n) is 4.55. The number of nitrogens with zero attached hydrogens (tertiary/aromatic N) is 1. The fourth-order valence-electron chi connectivity index (χ4n) is 1.87. The number of alkyl halides is 3. The molecule has 0 bridgehead atoms. The van der Waals surface area contributed by atoms with Gasteiger partial charge in [0.15, 0.2) is 0 Å². The summed E-state index contributed by atoms with van der Waals surface area (Å²) in [6, 6.07) is 4.53. The molecule has 0 saturated carbocycles. The molecule has 0 radical (unpaired) electrons. The van der Waals surface area contributed by atoms with Gasteiger partial charge in [-0.15, -0.1) is 0 Å². The summed E-state index contributed by atoms with van der Waals surface area (Å²) >= 11 is 0. The maximum atomic E-state index is 12.5. The number of aromatic amines is 1. The molecule has 1 heterocycles. The minimum atomic E-state index is -4.37. The third kappa shape index (κ3) is 2.57. The first-order chi connectivity index (χ1) is 8.80. The molecule has 6 heteroatoms. The molecular formula is C13H13F3N2O. The Hall–Kier alpha value is -1.98. The molecule has 0 atom stereocenters. The molecule has 0 spiro atoms. The third-order valence-corrected chi connectivity index (χ3v) is 2.85. The summed E-state index contributed by atoms with van der Waals surface area (Å²) < 4.78 is 38.8. The van der Waals surface area contributed by atoms with Crippen molar-refractivity contribution in [1.29, 1.82) is 0 Å². The van der Waals surface area contributed by atoms with Crippen molar-refractivity contribution in [3.63, 3.8) is 0 Å². The van der Waals surface area contributed by atoms with E-state index in [-0.39, 0.29) is 11.6 Å². The number of benzene rings is 1. The number of halogens is 3. The summed E-state index contributed by atoms with van der Waals surface area (Å²) in [5.74, 6) is 0.0845. The lowest BCUT2D eigenvalue weighted by atomic mass is 10.1. The molecule has 3 nitrogen and oxygen atoms in total. The number of hydrogen-bond donors (Lipinski definition) is 1. The van der Waals surface area contributed by atoms with E-state index in [2.05, 4.69) is 4.98 Å². The largest absolute Gasteiger partial charge is 0.416 e. The van der Waals surface area contributed by atoms with Crippen LogP contribution in [0.15, 0.2) is 35.3 Å². The zero-order chi connectivity index (χ0) is 14.2. The van der Waals surface area contributed by atoms with Gasteiger partial charge < -0.3 is 4.98 Å². The molecule has 1 aromatic carbocycles. The molecule has 0 unspecified atom stereocenters. The van der Waals surface area contributed by atoms with Crippen LogP contribution < -0.4 is 5.69 Å². The Morgan fingerprint density at radius 1 is 1.16 bits per heavy atom. The number of nitrogens with one attached hydrogen (secondary N) is 1. The minimum Gasteiger partial charge on any atom is -0.312 e. The smallest absolute Gasteiger partial charge is 0.312 e. The van der Waals surface area contributed by atoms with Crippen LogP contribution in [-0.4, -0.2) is 9.55 Å². The van der Waals surface area contributed by atoms with Gasteiger partial charge in [-0.05, 0) is 30.2 Å². The highest BCUT2D eigenvalue weighted by molar-refractivity contribution is 5.37. The highest BCUT2D eigenvalue weighted by Crippen LogP contribution is 2.29. The van der Waals surface area contributed by atoms with E-state index in [1.165, 1.54) is 16.7 Å². The van der Waals surface area contributed by atoms with Crippen LogP contribution in [-0.2, 0) is 6.18 Å². The summed E-state index contributed by atoms with van der Waals surface area (Å²) in [4.78, 5) is 14.3. The van der Waals surface area contributed by atoms with Gasteiger partial charge in [0.1, 0.15) is 0 Å². The number of imidazole rings is 1. The number of hydrogen-bond acceptors (Lipinski definition) is 1. The number of H-pyrrole nitrogens is 1. The Kier molecular flexibility index (Phi) is 3.26. The molecule has 1 N–H and O–H groups in total. The summed E-state index contributed by atoms with van der Waals surface area (Å²) in [5, 5.41) is 0. The topological polar surface area (TPSA) is 37.8 Å². The Morgan fingerprint density at radius 2 is 1.74 bits per heavy atom. The highest BCUT2D eigenvalue weighted by Gasteiger charge is 2.30. The first-order valence-corrected chi connectivity index (χ1v) is 5.78. The van der Waals surface area contributed by atoms with Crippen molar-refractivity contribution >= 4 is 0 Å². The van der Waals surface area contributed by atoms with E-state index in [9.17, 15) is 18.0 Å². The van der Waals surface area contributed by atoms with Crippen molar-refractivity contribution in [3.8, 4) is 5.69 Å². The van der Waals surface area contributed by atoms with E-state index >= 15 is 0 Å². The van der Waals surface area contributed by atoms with Gasteiger partial charge in [-0.1, -0.05) is 13.8 Å². The Balaban J connectivity index is 2.49. The van der Waals surface area contributed by atoms with E-state index in [1.54, 1.807) is 6.20 Å². The zero-order valence-electron chi connectivity index (χ0n) is 10.5. The standard InChI is InChI=1S/C13H13F3N2O/c1-8(2)11-7-17-12(19)18(11)10-5-3-9(4-6-10)13(14,15)16/h3-8H,1-2H3,(H,17,19). The molecule has 1 aromatic heterocycles. The number of aromatic nitrogens is 2. The van der Waals surface area contributed by atoms with Gasteiger partial charge in [0.05, 0.1) is 11.3 Å². The van der Waals surface area contributed by atoms with Crippen LogP contribution in [0.2, 0.25) is 0 Å². The molecule has 0 aliphatic heterocycles. The Morgan fingerprint density at radius 3 is 2.21 bits per heavy atom. The van der Waals surface area contributed by atoms with Crippen molar-refractivity contribution in [2.45, 2.75) is 25.9 Å². The normalized spacial score (nSPS) is 12.1. The van der Waals surface area contributed by atoms with Gasteiger partial charge in [0.2, 0.25) is 0 Å². The maximum Gasteiger partial charge on any atom is 0.416 e. The second kappa shape index (κ2) is 4.60. The lowest BCUT2D eigenvalue weighted by molar-refractivity contribution is -0.137. The van der Waals surface area contributed by atoms with Gasteiger partial charge >= 0.3 is 11.9 Å². The van der Waals surface area contributed by atoms with E-state index in [0.29, 0.717) is 5.69 Å². The molecule has 0 fully saturated rings. The van der Waals surface area contributed by atoms with Crippen LogP contribution >= 0.6 is 0 Å². The van der Waals surface area contributed by atoms with Crippen LogP contribution in [0, 0.1) is 0 Å². The van der Waals surface area contributed by atoms with Gasteiger partial charge in [-0.2, -0.15) is 13.2 Å². The molecule has 0 amide bonds. The molecule has 102 valence electrons. The average molecular weight is 270 g/mol. The molecule has 0 saturated heterocycles. The maximum absolute atomic E-state index is 12.5. The van der Waals surface area contributed by atoms with Gasteiger partial charge in [-0.3, -0.25) is 4.57 Å². The average Bonchev–Trinajstić information content (AvgIpc) is 2.70. The zero-order valence-corrected chi connectivity index (χ0v) is 10.5. The van der Waals surface area contributed by atoms with Gasteiger partial charge in [0.25, 0.3) is 0 Å².